The lowest BCUT2D eigenvalue weighted by molar-refractivity contribution is -0.142. The summed E-state index contributed by atoms with van der Waals surface area (Å²) >= 11 is 4.72. The Hall–Kier alpha value is -0.450. The van der Waals surface area contributed by atoms with Crippen molar-refractivity contribution in [2.45, 2.75) is 12.8 Å². The molecule has 3 N–H and O–H groups in total. The maximum atomic E-state index is 10.7. The highest BCUT2D eigenvalue weighted by atomic mass is 32.4. The average molecular weight is 240 g/mol. The molecule has 0 aliphatic carbocycles. The molecule has 0 spiro atoms. The van der Waals surface area contributed by atoms with Gasteiger partial charge in [-0.1, -0.05) is 11.8 Å². The van der Waals surface area contributed by atoms with E-state index in [0.717, 1.165) is 0 Å². The van der Waals surface area contributed by atoms with Gasteiger partial charge in [-0.2, -0.15) is 0 Å². The molecule has 0 heterocycles. The lowest BCUT2D eigenvalue weighted by Crippen LogP contribution is -2.19. The molecule has 2 atom stereocenters. The molecule has 0 saturated carbocycles. The highest BCUT2D eigenvalue weighted by Crippen LogP contribution is 2.39. The number of carboxylic acid groups (broad SMARTS) is 2. The molecule has 14 heavy (non-hydrogen) atoms. The number of rotatable bonds is 6. The Morgan fingerprint density at radius 2 is 1.93 bits per heavy atom. The highest BCUT2D eigenvalue weighted by Gasteiger charge is 2.23. The maximum Gasteiger partial charge on any atom is 0.306 e. The summed E-state index contributed by atoms with van der Waals surface area (Å²) in [6.07, 6.45) is -2.79. The minimum atomic E-state index is -2.58. The summed E-state index contributed by atoms with van der Waals surface area (Å²) in [4.78, 5) is 30.2. The Morgan fingerprint density at radius 3 is 2.21 bits per heavy atom. The molecule has 0 aliphatic rings. The van der Waals surface area contributed by atoms with E-state index in [4.69, 9.17) is 22.0 Å². The molecule has 0 aromatic carbocycles. The van der Waals surface area contributed by atoms with Crippen molar-refractivity contribution in [3.8, 4) is 0 Å². The van der Waals surface area contributed by atoms with Gasteiger partial charge in [0.25, 0.3) is 0 Å². The number of hydrogen-bond acceptors (Lipinski definition) is 3. The van der Waals surface area contributed by atoms with Crippen LogP contribution >= 0.6 is 6.26 Å². The van der Waals surface area contributed by atoms with Crippen molar-refractivity contribution in [3.63, 3.8) is 0 Å². The van der Waals surface area contributed by atoms with Crippen molar-refractivity contribution in [2.75, 3.05) is 12.8 Å². The van der Waals surface area contributed by atoms with Crippen LogP contribution in [0.3, 0.4) is 0 Å². The first-order valence-electron chi connectivity index (χ1n) is 3.96. The van der Waals surface area contributed by atoms with E-state index >= 15 is 0 Å². The fraction of sp³-hybridized carbons (Fsp3) is 0.714. The standard InChI is InChI=1S/C7H13O5PS/c1-13(12,14)4-5(7(10)11)2-3-6(8)9/h5H,2-4H2,1H3,(H,8,9)(H,10,11)(H,12,14). The molecule has 0 radical (unpaired) electrons. The molecule has 7 heteroatoms. The molecule has 0 rings (SSSR count). The summed E-state index contributed by atoms with van der Waals surface area (Å²) in [7, 11) is 0. The summed E-state index contributed by atoms with van der Waals surface area (Å²) in [5.74, 6) is -3.00. The fourth-order valence-electron chi connectivity index (χ4n) is 0.999. The van der Waals surface area contributed by atoms with Crippen LogP contribution in [0.25, 0.3) is 0 Å². The van der Waals surface area contributed by atoms with Gasteiger partial charge in [-0.15, -0.1) is 0 Å². The average Bonchev–Trinajstić information content (AvgIpc) is 1.94. The quantitative estimate of drug-likeness (QED) is 0.587. The van der Waals surface area contributed by atoms with Crippen LogP contribution in [0.4, 0.5) is 0 Å². The Bertz CT molecular complexity index is 271. The number of aliphatic carboxylic acids is 2. The summed E-state index contributed by atoms with van der Waals surface area (Å²) in [6, 6.07) is 0. The zero-order chi connectivity index (χ0) is 11.4. The lowest BCUT2D eigenvalue weighted by atomic mass is 10.1. The van der Waals surface area contributed by atoms with Gasteiger partial charge in [0.2, 0.25) is 0 Å². The zero-order valence-corrected chi connectivity index (χ0v) is 9.42. The molecule has 0 fully saturated rings. The summed E-state index contributed by atoms with van der Waals surface area (Å²) < 4.78 is 0. The first-order valence-corrected chi connectivity index (χ1v) is 7.35. The number of carbonyl (C=O) groups is 2. The maximum absolute atomic E-state index is 10.7. The van der Waals surface area contributed by atoms with E-state index in [1.54, 1.807) is 0 Å². The van der Waals surface area contributed by atoms with Crippen molar-refractivity contribution in [1.82, 2.24) is 0 Å². The second kappa shape index (κ2) is 5.44. The van der Waals surface area contributed by atoms with E-state index in [0.29, 0.717) is 0 Å². The fourth-order valence-corrected chi connectivity index (χ4v) is 2.70. The van der Waals surface area contributed by atoms with Gasteiger partial charge in [0, 0.05) is 12.6 Å². The Kier molecular flexibility index (Phi) is 5.26. The molecule has 0 amide bonds. The molecule has 0 aromatic rings. The van der Waals surface area contributed by atoms with Gasteiger partial charge in [-0.3, -0.25) is 9.59 Å². The van der Waals surface area contributed by atoms with E-state index < -0.39 is 24.1 Å². The van der Waals surface area contributed by atoms with Crippen LogP contribution < -0.4 is 0 Å². The summed E-state index contributed by atoms with van der Waals surface area (Å²) in [6.45, 7) is 1.43. The van der Waals surface area contributed by atoms with E-state index in [1.807, 2.05) is 0 Å². The van der Waals surface area contributed by atoms with E-state index in [1.165, 1.54) is 6.66 Å². The zero-order valence-electron chi connectivity index (χ0n) is 7.71. The third-order valence-electron chi connectivity index (χ3n) is 1.62. The third kappa shape index (κ3) is 7.00. The van der Waals surface area contributed by atoms with Crippen LogP contribution in [0.5, 0.6) is 0 Å². The number of carboxylic acids is 2. The predicted octanol–water partition coefficient (Wildman–Crippen LogP) is 0.569. The van der Waals surface area contributed by atoms with E-state index in [2.05, 4.69) is 0 Å². The largest absolute Gasteiger partial charge is 0.481 e. The van der Waals surface area contributed by atoms with Gasteiger partial charge < -0.3 is 15.1 Å². The Labute approximate surface area is 86.8 Å². The van der Waals surface area contributed by atoms with Crippen molar-refractivity contribution in [3.05, 3.63) is 0 Å². The summed E-state index contributed by atoms with van der Waals surface area (Å²) in [5.41, 5.74) is 0. The van der Waals surface area contributed by atoms with Crippen LogP contribution in [-0.2, 0) is 21.4 Å². The van der Waals surface area contributed by atoms with Crippen LogP contribution in [0.2, 0.25) is 0 Å². The van der Waals surface area contributed by atoms with Crippen LogP contribution in [0, 0.1) is 5.92 Å². The first kappa shape index (κ1) is 13.5. The van der Waals surface area contributed by atoms with Gasteiger partial charge >= 0.3 is 11.9 Å². The van der Waals surface area contributed by atoms with Gasteiger partial charge in [-0.25, -0.2) is 0 Å². The smallest absolute Gasteiger partial charge is 0.306 e. The number of hydrogen-bond donors (Lipinski definition) is 3. The molecular weight excluding hydrogens is 227 g/mol. The minimum Gasteiger partial charge on any atom is -0.481 e. The Morgan fingerprint density at radius 1 is 1.43 bits per heavy atom. The molecular formula is C7H13O5PS. The van der Waals surface area contributed by atoms with Crippen molar-refractivity contribution in [1.29, 1.82) is 0 Å². The van der Waals surface area contributed by atoms with Gasteiger partial charge in [0.1, 0.15) is 0 Å². The van der Waals surface area contributed by atoms with E-state index in [-0.39, 0.29) is 19.0 Å². The molecule has 0 bridgehead atoms. The highest BCUT2D eigenvalue weighted by molar-refractivity contribution is 8.11. The Balaban J connectivity index is 4.24. The van der Waals surface area contributed by atoms with Crippen molar-refractivity contribution < 1.29 is 24.7 Å². The van der Waals surface area contributed by atoms with E-state index in [9.17, 15) is 14.5 Å². The third-order valence-corrected chi connectivity index (χ3v) is 3.18. The molecule has 5 nitrogen and oxygen atoms in total. The molecule has 0 aliphatic heterocycles. The van der Waals surface area contributed by atoms with Crippen molar-refractivity contribution in [2.24, 2.45) is 5.92 Å². The molecule has 82 valence electrons. The SMILES string of the molecule is CP(O)(=S)CC(CCC(=O)O)C(=O)O. The van der Waals surface area contributed by atoms with Crippen molar-refractivity contribution >= 4 is 30.0 Å². The summed E-state index contributed by atoms with van der Waals surface area (Å²) in [5, 5.41) is 17.1. The van der Waals surface area contributed by atoms with Crippen LogP contribution in [-0.4, -0.2) is 39.9 Å². The molecule has 0 saturated heterocycles. The topological polar surface area (TPSA) is 94.8 Å². The van der Waals surface area contributed by atoms with Gasteiger partial charge in [-0.05, 0) is 13.1 Å². The monoisotopic (exact) mass is 240 g/mol. The van der Waals surface area contributed by atoms with Gasteiger partial charge in [0.15, 0.2) is 0 Å². The second-order valence-electron chi connectivity index (χ2n) is 3.20. The van der Waals surface area contributed by atoms with Crippen LogP contribution in [0.15, 0.2) is 0 Å². The normalized spacial score (nSPS) is 17.0. The van der Waals surface area contributed by atoms with Gasteiger partial charge in [0.05, 0.1) is 12.2 Å². The first-order chi connectivity index (χ1) is 6.22. The molecule has 2 unspecified atom stereocenters. The second-order valence-corrected chi connectivity index (χ2v) is 8.03. The van der Waals surface area contributed by atoms with Crippen LogP contribution in [0.1, 0.15) is 12.8 Å². The predicted molar refractivity (Wildman–Crippen MR) is 55.3 cm³/mol. The minimum absolute atomic E-state index is 0.00898. The lowest BCUT2D eigenvalue weighted by Gasteiger charge is -2.15. The molecule has 0 aromatic heterocycles.